The maximum atomic E-state index is 12.1. The van der Waals surface area contributed by atoms with E-state index in [9.17, 15) is 4.79 Å². The summed E-state index contributed by atoms with van der Waals surface area (Å²) in [6, 6.07) is 13.0. The fraction of sp³-hybridized carbons (Fsp3) is 0.350. The van der Waals surface area contributed by atoms with Gasteiger partial charge < -0.3 is 24.3 Å². The van der Waals surface area contributed by atoms with E-state index in [-0.39, 0.29) is 18.7 Å². The molecule has 1 atom stereocenters. The summed E-state index contributed by atoms with van der Waals surface area (Å²) in [5.74, 6) is 3.00. The number of carbonyl (C=O) groups is 1. The van der Waals surface area contributed by atoms with Crippen LogP contribution in [0.4, 0.5) is 0 Å². The number of fused-ring (bicyclic) bond motifs is 1. The Balaban J connectivity index is 1.39. The lowest BCUT2D eigenvalue weighted by atomic mass is 10.1. The molecule has 0 spiro atoms. The minimum Gasteiger partial charge on any atom is -0.497 e. The third kappa shape index (κ3) is 4.59. The molecule has 138 valence electrons. The first kappa shape index (κ1) is 17.9. The van der Waals surface area contributed by atoms with Crippen LogP contribution in [0.2, 0.25) is 0 Å². The number of amides is 1. The molecule has 2 aromatic rings. The third-order valence-corrected chi connectivity index (χ3v) is 4.15. The van der Waals surface area contributed by atoms with E-state index < -0.39 is 0 Å². The van der Waals surface area contributed by atoms with Crippen LogP contribution in [0.15, 0.2) is 42.5 Å². The molecule has 0 fully saturated rings. The number of carbonyl (C=O) groups excluding carboxylic acids is 1. The third-order valence-electron chi connectivity index (χ3n) is 4.15. The van der Waals surface area contributed by atoms with Crippen LogP contribution in [-0.2, 0) is 4.79 Å². The first-order valence-electron chi connectivity index (χ1n) is 8.61. The number of hydrogen-bond donors (Lipinski definition) is 1. The Labute approximate surface area is 153 Å². The zero-order valence-electron chi connectivity index (χ0n) is 15.0. The van der Waals surface area contributed by atoms with Crippen LogP contribution in [0, 0.1) is 0 Å². The van der Waals surface area contributed by atoms with Gasteiger partial charge in [0, 0.05) is 6.42 Å². The number of nitrogens with one attached hydrogen (secondary N) is 1. The highest BCUT2D eigenvalue weighted by molar-refractivity contribution is 5.76. The molecule has 0 bridgehead atoms. The number of rotatable bonds is 8. The van der Waals surface area contributed by atoms with Crippen LogP contribution in [-0.4, -0.2) is 26.4 Å². The second kappa shape index (κ2) is 8.47. The molecule has 6 nitrogen and oxygen atoms in total. The molecule has 1 heterocycles. The van der Waals surface area contributed by atoms with Gasteiger partial charge in [-0.25, -0.2) is 0 Å². The number of benzene rings is 2. The quantitative estimate of drug-likeness (QED) is 0.733. The number of hydrogen-bond acceptors (Lipinski definition) is 5. The fourth-order valence-electron chi connectivity index (χ4n) is 2.67. The standard InChI is InChI=1S/C20H23NO5/c1-14(15-5-10-18-19(12-15)26-13-25-18)21-20(22)4-3-11-24-17-8-6-16(23-2)7-9-17/h5-10,12,14H,3-4,11,13H2,1-2H3,(H,21,22). The van der Waals surface area contributed by atoms with Crippen LogP contribution < -0.4 is 24.3 Å². The minimum absolute atomic E-state index is 0.00602. The van der Waals surface area contributed by atoms with E-state index >= 15 is 0 Å². The van der Waals surface area contributed by atoms with Gasteiger partial charge in [0.1, 0.15) is 11.5 Å². The van der Waals surface area contributed by atoms with E-state index in [4.69, 9.17) is 18.9 Å². The van der Waals surface area contributed by atoms with E-state index in [1.165, 1.54) is 0 Å². The van der Waals surface area contributed by atoms with E-state index in [0.717, 1.165) is 28.6 Å². The normalized spacial score (nSPS) is 13.2. The molecule has 3 rings (SSSR count). The van der Waals surface area contributed by atoms with Crippen molar-refractivity contribution in [1.82, 2.24) is 5.32 Å². The molecule has 1 amide bonds. The lowest BCUT2D eigenvalue weighted by Gasteiger charge is -2.15. The SMILES string of the molecule is COc1ccc(OCCCC(=O)NC(C)c2ccc3c(c2)OCO3)cc1. The highest BCUT2D eigenvalue weighted by Crippen LogP contribution is 2.34. The van der Waals surface area contributed by atoms with E-state index in [1.54, 1.807) is 7.11 Å². The van der Waals surface area contributed by atoms with Gasteiger partial charge in [0.25, 0.3) is 0 Å². The predicted molar refractivity (Wildman–Crippen MR) is 96.8 cm³/mol. The van der Waals surface area contributed by atoms with Crippen molar-refractivity contribution in [2.45, 2.75) is 25.8 Å². The maximum Gasteiger partial charge on any atom is 0.231 e. The van der Waals surface area contributed by atoms with Gasteiger partial charge in [0.2, 0.25) is 12.7 Å². The Kier molecular flexibility index (Phi) is 5.84. The second-order valence-electron chi connectivity index (χ2n) is 6.03. The van der Waals surface area contributed by atoms with Gasteiger partial charge in [-0.15, -0.1) is 0 Å². The van der Waals surface area contributed by atoms with Gasteiger partial charge in [-0.05, 0) is 55.3 Å². The van der Waals surface area contributed by atoms with Crippen molar-refractivity contribution in [2.75, 3.05) is 20.5 Å². The van der Waals surface area contributed by atoms with Crippen LogP contribution >= 0.6 is 0 Å². The van der Waals surface area contributed by atoms with Gasteiger partial charge in [0.15, 0.2) is 11.5 Å². The molecule has 1 aliphatic rings. The lowest BCUT2D eigenvalue weighted by molar-refractivity contribution is -0.121. The summed E-state index contributed by atoms with van der Waals surface area (Å²) in [5, 5.41) is 2.99. The first-order valence-corrected chi connectivity index (χ1v) is 8.61. The molecule has 0 aliphatic carbocycles. The summed E-state index contributed by atoms with van der Waals surface area (Å²) in [7, 11) is 1.62. The van der Waals surface area contributed by atoms with Crippen molar-refractivity contribution < 1.29 is 23.7 Å². The monoisotopic (exact) mass is 357 g/mol. The molecule has 26 heavy (non-hydrogen) atoms. The van der Waals surface area contributed by atoms with Crippen LogP contribution in [0.3, 0.4) is 0 Å². The Bertz CT molecular complexity index is 744. The summed E-state index contributed by atoms with van der Waals surface area (Å²) >= 11 is 0. The van der Waals surface area contributed by atoms with Crippen LogP contribution in [0.5, 0.6) is 23.0 Å². The Morgan fingerprint density at radius 3 is 2.62 bits per heavy atom. The molecule has 0 saturated heterocycles. The average molecular weight is 357 g/mol. The minimum atomic E-state index is -0.0977. The van der Waals surface area contributed by atoms with Gasteiger partial charge in [-0.2, -0.15) is 0 Å². The molecule has 2 aromatic carbocycles. The van der Waals surface area contributed by atoms with Crippen molar-refractivity contribution in [3.63, 3.8) is 0 Å². The highest BCUT2D eigenvalue weighted by atomic mass is 16.7. The number of ether oxygens (including phenoxy) is 4. The Morgan fingerprint density at radius 1 is 1.12 bits per heavy atom. The lowest BCUT2D eigenvalue weighted by Crippen LogP contribution is -2.26. The highest BCUT2D eigenvalue weighted by Gasteiger charge is 2.16. The van der Waals surface area contributed by atoms with Crippen LogP contribution in [0.1, 0.15) is 31.4 Å². The van der Waals surface area contributed by atoms with Gasteiger partial charge in [-0.1, -0.05) is 6.07 Å². The van der Waals surface area contributed by atoms with Gasteiger partial charge in [-0.3, -0.25) is 4.79 Å². The van der Waals surface area contributed by atoms with Crippen molar-refractivity contribution in [2.24, 2.45) is 0 Å². The summed E-state index contributed by atoms with van der Waals surface area (Å²) in [5.41, 5.74) is 0.983. The van der Waals surface area contributed by atoms with E-state index in [2.05, 4.69) is 5.32 Å². The summed E-state index contributed by atoms with van der Waals surface area (Å²) in [4.78, 5) is 12.1. The van der Waals surface area contributed by atoms with Gasteiger partial charge in [0.05, 0.1) is 19.8 Å². The Morgan fingerprint density at radius 2 is 1.85 bits per heavy atom. The maximum absolute atomic E-state index is 12.1. The topological polar surface area (TPSA) is 66.0 Å². The van der Waals surface area contributed by atoms with E-state index in [1.807, 2.05) is 49.4 Å². The van der Waals surface area contributed by atoms with Crippen molar-refractivity contribution in [3.05, 3.63) is 48.0 Å². The molecule has 0 aromatic heterocycles. The predicted octanol–water partition coefficient (Wildman–Crippen LogP) is 3.46. The van der Waals surface area contributed by atoms with Crippen LogP contribution in [0.25, 0.3) is 0 Å². The smallest absolute Gasteiger partial charge is 0.231 e. The zero-order valence-corrected chi connectivity index (χ0v) is 15.0. The molecule has 0 saturated carbocycles. The molecule has 0 radical (unpaired) electrons. The molecule has 6 heteroatoms. The van der Waals surface area contributed by atoms with Gasteiger partial charge >= 0.3 is 0 Å². The summed E-state index contributed by atoms with van der Waals surface area (Å²) in [6.07, 6.45) is 1.05. The molecule has 1 N–H and O–H groups in total. The fourth-order valence-corrected chi connectivity index (χ4v) is 2.67. The Hall–Kier alpha value is -2.89. The zero-order chi connectivity index (χ0) is 18.4. The largest absolute Gasteiger partial charge is 0.497 e. The van der Waals surface area contributed by atoms with E-state index in [0.29, 0.717) is 19.4 Å². The molecule has 1 aliphatic heterocycles. The van der Waals surface area contributed by atoms with Crippen molar-refractivity contribution in [1.29, 1.82) is 0 Å². The first-order chi connectivity index (χ1) is 12.7. The molecular formula is C20H23NO5. The molecule has 1 unspecified atom stereocenters. The van der Waals surface area contributed by atoms with Crippen molar-refractivity contribution in [3.8, 4) is 23.0 Å². The number of methoxy groups -OCH3 is 1. The summed E-state index contributed by atoms with van der Waals surface area (Å²) < 4.78 is 21.4. The average Bonchev–Trinajstić information content (AvgIpc) is 3.13. The second-order valence-corrected chi connectivity index (χ2v) is 6.03. The molecular weight excluding hydrogens is 334 g/mol. The summed E-state index contributed by atoms with van der Waals surface area (Å²) in [6.45, 7) is 2.68. The van der Waals surface area contributed by atoms with Crippen molar-refractivity contribution >= 4 is 5.91 Å².